The zero-order chi connectivity index (χ0) is 14.2. The van der Waals surface area contributed by atoms with Crippen molar-refractivity contribution in [2.75, 3.05) is 7.05 Å². The lowest BCUT2D eigenvalue weighted by molar-refractivity contribution is 0.463. The summed E-state index contributed by atoms with van der Waals surface area (Å²) < 4.78 is 26.4. The van der Waals surface area contributed by atoms with Crippen molar-refractivity contribution in [3.8, 4) is 0 Å². The van der Waals surface area contributed by atoms with Crippen molar-refractivity contribution in [1.82, 2.24) is 14.6 Å². The topological polar surface area (TPSA) is 62.3 Å². The monoisotopic (exact) mass is 309 g/mol. The molecule has 0 atom stereocenters. The molecule has 3 rings (SSSR count). The Balaban J connectivity index is 1.87. The van der Waals surface area contributed by atoms with Gasteiger partial charge in [0.25, 0.3) is 0 Å². The average Bonchev–Trinajstić information content (AvgIpc) is 3.07. The molecule has 5 nitrogen and oxygen atoms in total. The molecule has 0 fully saturated rings. The summed E-state index contributed by atoms with van der Waals surface area (Å²) in [6.45, 7) is 1.83. The first kappa shape index (κ1) is 13.7. The molecule has 0 radical (unpaired) electrons. The van der Waals surface area contributed by atoms with Crippen molar-refractivity contribution in [3.63, 3.8) is 0 Å². The fourth-order valence-electron chi connectivity index (χ4n) is 2.24. The summed E-state index contributed by atoms with van der Waals surface area (Å²) in [5, 5.41) is 5.07. The second kappa shape index (κ2) is 5.25. The van der Waals surface area contributed by atoms with Gasteiger partial charge in [-0.1, -0.05) is 6.07 Å². The predicted octanol–water partition coefficient (Wildman–Crippen LogP) is 1.57. The van der Waals surface area contributed by atoms with Gasteiger partial charge in [0.1, 0.15) is 0 Å². The second-order valence-electron chi connectivity index (χ2n) is 4.77. The molecule has 0 bridgehead atoms. The number of hydrogen-bond donors (Lipinski definition) is 1. The molecule has 0 saturated carbocycles. The van der Waals surface area contributed by atoms with E-state index in [9.17, 15) is 8.42 Å². The van der Waals surface area contributed by atoms with E-state index in [1.807, 2.05) is 11.4 Å². The first-order chi connectivity index (χ1) is 9.57. The van der Waals surface area contributed by atoms with E-state index < -0.39 is 10.0 Å². The first-order valence-electron chi connectivity index (χ1n) is 6.23. The molecule has 20 heavy (non-hydrogen) atoms. The van der Waals surface area contributed by atoms with Crippen molar-refractivity contribution in [2.24, 2.45) is 0 Å². The molecule has 2 aromatic rings. The third-order valence-corrected chi connectivity index (χ3v) is 5.82. The minimum Gasteiger partial charge on any atom is -0.309 e. The average molecular weight is 309 g/mol. The summed E-state index contributed by atoms with van der Waals surface area (Å²) >= 11 is 1.46. The van der Waals surface area contributed by atoms with Crippen LogP contribution in [0.15, 0.2) is 34.0 Å². The zero-order valence-corrected chi connectivity index (χ0v) is 12.7. The Morgan fingerprint density at radius 3 is 2.90 bits per heavy atom. The van der Waals surface area contributed by atoms with Gasteiger partial charge in [-0.3, -0.25) is 0 Å². The molecule has 2 heterocycles. The fourth-order valence-corrected chi connectivity index (χ4v) is 3.98. The van der Waals surface area contributed by atoms with Gasteiger partial charge in [-0.15, -0.1) is 11.3 Å². The summed E-state index contributed by atoms with van der Waals surface area (Å²) in [6.07, 6.45) is 0. The molecule has 7 heteroatoms. The summed E-state index contributed by atoms with van der Waals surface area (Å²) in [5.41, 5.74) is 4.71. The second-order valence-corrected chi connectivity index (χ2v) is 7.54. The van der Waals surface area contributed by atoms with Gasteiger partial charge in [-0.05, 0) is 23.3 Å². The highest BCUT2D eigenvalue weighted by molar-refractivity contribution is 7.89. The van der Waals surface area contributed by atoms with Gasteiger partial charge in [0.05, 0.1) is 22.6 Å². The van der Waals surface area contributed by atoms with E-state index in [1.165, 1.54) is 21.2 Å². The van der Waals surface area contributed by atoms with E-state index in [-0.39, 0.29) is 0 Å². The van der Waals surface area contributed by atoms with Crippen LogP contribution in [0.25, 0.3) is 0 Å². The number of nitrogens with one attached hydrogen (secondary N) is 1. The van der Waals surface area contributed by atoms with Gasteiger partial charge in [0, 0.05) is 25.5 Å². The molecular formula is C13H15N3O2S2. The van der Waals surface area contributed by atoms with Crippen LogP contribution in [-0.4, -0.2) is 24.8 Å². The first-order valence-corrected chi connectivity index (χ1v) is 8.61. The van der Waals surface area contributed by atoms with Crippen LogP contribution >= 0.6 is 11.3 Å². The van der Waals surface area contributed by atoms with Gasteiger partial charge in [-0.2, -0.15) is 4.31 Å². The Bertz CT molecular complexity index is 711. The van der Waals surface area contributed by atoms with E-state index >= 15 is 0 Å². The quantitative estimate of drug-likeness (QED) is 0.931. The SMILES string of the molecule is CN(Cc1cscn1)S(=O)(=O)c1ccc2c(c1)CNC2. The Morgan fingerprint density at radius 2 is 2.15 bits per heavy atom. The number of fused-ring (bicyclic) bond motifs is 1. The number of aromatic nitrogens is 1. The van der Waals surface area contributed by atoms with Gasteiger partial charge in [0.15, 0.2) is 0 Å². The number of rotatable bonds is 4. The number of sulfonamides is 1. The van der Waals surface area contributed by atoms with Crippen LogP contribution in [0.3, 0.4) is 0 Å². The summed E-state index contributed by atoms with van der Waals surface area (Å²) in [7, 11) is -1.88. The number of hydrogen-bond acceptors (Lipinski definition) is 5. The Hall–Kier alpha value is -1.28. The highest BCUT2D eigenvalue weighted by atomic mass is 32.2. The van der Waals surface area contributed by atoms with Crippen molar-refractivity contribution >= 4 is 21.4 Å². The standard InChI is InChI=1S/C13H15N3O2S2/c1-16(7-12-8-19-9-15-12)20(17,18)13-3-2-10-5-14-6-11(10)4-13/h2-4,8-9,14H,5-7H2,1H3. The third kappa shape index (κ3) is 2.49. The maximum atomic E-state index is 12.5. The molecule has 1 aromatic carbocycles. The van der Waals surface area contributed by atoms with Crippen LogP contribution < -0.4 is 5.32 Å². The van der Waals surface area contributed by atoms with Crippen molar-refractivity contribution < 1.29 is 8.42 Å². The Morgan fingerprint density at radius 1 is 1.35 bits per heavy atom. The smallest absolute Gasteiger partial charge is 0.243 e. The van der Waals surface area contributed by atoms with Crippen molar-refractivity contribution in [2.45, 2.75) is 24.5 Å². The zero-order valence-electron chi connectivity index (χ0n) is 11.0. The third-order valence-electron chi connectivity index (χ3n) is 3.38. The van der Waals surface area contributed by atoms with E-state index in [4.69, 9.17) is 0 Å². The van der Waals surface area contributed by atoms with Crippen LogP contribution in [-0.2, 0) is 29.7 Å². The van der Waals surface area contributed by atoms with Gasteiger partial charge >= 0.3 is 0 Å². The molecule has 1 aliphatic rings. The van der Waals surface area contributed by atoms with Crippen LogP contribution in [0.4, 0.5) is 0 Å². The predicted molar refractivity (Wildman–Crippen MR) is 77.8 cm³/mol. The number of benzene rings is 1. The highest BCUT2D eigenvalue weighted by Gasteiger charge is 2.23. The lowest BCUT2D eigenvalue weighted by Crippen LogP contribution is -2.26. The summed E-state index contributed by atoms with van der Waals surface area (Å²) in [5.74, 6) is 0. The summed E-state index contributed by atoms with van der Waals surface area (Å²) in [6, 6.07) is 5.33. The van der Waals surface area contributed by atoms with Crippen LogP contribution in [0.1, 0.15) is 16.8 Å². The van der Waals surface area contributed by atoms with Gasteiger partial charge in [-0.25, -0.2) is 13.4 Å². The molecule has 106 valence electrons. The Labute approximate surface area is 122 Å². The molecule has 1 N–H and O–H groups in total. The van der Waals surface area contributed by atoms with Crippen LogP contribution in [0, 0.1) is 0 Å². The number of thiazole rings is 1. The van der Waals surface area contributed by atoms with Crippen molar-refractivity contribution in [3.05, 3.63) is 45.9 Å². The van der Waals surface area contributed by atoms with Crippen molar-refractivity contribution in [1.29, 1.82) is 0 Å². The molecule has 0 spiro atoms. The molecule has 0 amide bonds. The fraction of sp³-hybridized carbons (Fsp3) is 0.308. The van der Waals surface area contributed by atoms with Crippen LogP contribution in [0.2, 0.25) is 0 Å². The molecule has 0 saturated heterocycles. The molecule has 1 aromatic heterocycles. The lowest BCUT2D eigenvalue weighted by Gasteiger charge is -2.16. The molecular weight excluding hydrogens is 294 g/mol. The maximum Gasteiger partial charge on any atom is 0.243 e. The molecule has 0 unspecified atom stereocenters. The molecule has 0 aliphatic carbocycles. The van der Waals surface area contributed by atoms with E-state index in [2.05, 4.69) is 10.3 Å². The minimum absolute atomic E-state index is 0.293. The maximum absolute atomic E-state index is 12.5. The summed E-state index contributed by atoms with van der Waals surface area (Å²) in [4.78, 5) is 4.47. The van der Waals surface area contributed by atoms with E-state index in [0.717, 1.165) is 24.3 Å². The minimum atomic E-state index is -3.47. The van der Waals surface area contributed by atoms with Crippen LogP contribution in [0.5, 0.6) is 0 Å². The normalized spacial score (nSPS) is 14.7. The Kier molecular flexibility index (Phi) is 3.59. The number of nitrogens with zero attached hydrogens (tertiary/aromatic N) is 2. The highest BCUT2D eigenvalue weighted by Crippen LogP contribution is 2.22. The van der Waals surface area contributed by atoms with Gasteiger partial charge < -0.3 is 5.32 Å². The van der Waals surface area contributed by atoms with E-state index in [1.54, 1.807) is 24.7 Å². The lowest BCUT2D eigenvalue weighted by atomic mass is 10.1. The van der Waals surface area contributed by atoms with Gasteiger partial charge in [0.2, 0.25) is 10.0 Å². The molecule has 1 aliphatic heterocycles. The van der Waals surface area contributed by atoms with E-state index in [0.29, 0.717) is 11.4 Å². The largest absolute Gasteiger partial charge is 0.309 e.